The molecule has 0 amide bonds. The van der Waals surface area contributed by atoms with Crippen LogP contribution >= 0.6 is 11.6 Å². The average molecular weight is 263 g/mol. The lowest BCUT2D eigenvalue weighted by atomic mass is 10.1. The Hall–Kier alpha value is -1.74. The van der Waals surface area contributed by atoms with Crippen molar-refractivity contribution in [1.29, 1.82) is 0 Å². The van der Waals surface area contributed by atoms with Crippen LogP contribution in [0.5, 0.6) is 5.75 Å². The molecule has 2 rings (SSSR count). The lowest BCUT2D eigenvalue weighted by Crippen LogP contribution is -2.02. The third kappa shape index (κ3) is 2.93. The van der Waals surface area contributed by atoms with Gasteiger partial charge in [-0.2, -0.15) is 0 Å². The number of nitrogens with zero attached hydrogens (tertiary/aromatic N) is 1. The molecule has 0 saturated heterocycles. The minimum absolute atomic E-state index is 0.612. The summed E-state index contributed by atoms with van der Waals surface area (Å²) in [6, 6.07) is 7.63. The Labute approximate surface area is 112 Å². The van der Waals surface area contributed by atoms with Crippen LogP contribution in [0.25, 0.3) is 0 Å². The number of rotatable bonds is 4. The summed E-state index contributed by atoms with van der Waals surface area (Å²) < 4.78 is 5.18. The minimum atomic E-state index is 0.612. The first kappa shape index (κ1) is 12.7. The molecule has 1 N–H and O–H groups in total. The van der Waals surface area contributed by atoms with Gasteiger partial charge in [0, 0.05) is 30.7 Å². The van der Waals surface area contributed by atoms with Crippen molar-refractivity contribution in [1.82, 2.24) is 4.98 Å². The maximum atomic E-state index is 5.98. The molecule has 0 fully saturated rings. The van der Waals surface area contributed by atoms with Crippen LogP contribution in [0.2, 0.25) is 5.02 Å². The number of methoxy groups -OCH3 is 1. The Morgan fingerprint density at radius 1 is 1.33 bits per heavy atom. The molecule has 18 heavy (non-hydrogen) atoms. The Morgan fingerprint density at radius 2 is 2.17 bits per heavy atom. The maximum absolute atomic E-state index is 5.98. The Morgan fingerprint density at radius 3 is 2.89 bits per heavy atom. The molecule has 0 aliphatic carbocycles. The van der Waals surface area contributed by atoms with Crippen LogP contribution in [0.1, 0.15) is 11.1 Å². The van der Waals surface area contributed by atoms with Gasteiger partial charge in [0.2, 0.25) is 0 Å². The fourth-order valence-electron chi connectivity index (χ4n) is 1.65. The van der Waals surface area contributed by atoms with Crippen LogP contribution < -0.4 is 10.1 Å². The van der Waals surface area contributed by atoms with Crippen molar-refractivity contribution in [3.8, 4) is 5.75 Å². The molecule has 0 saturated carbocycles. The number of halogens is 1. The zero-order valence-electron chi connectivity index (χ0n) is 10.4. The third-order valence-electron chi connectivity index (χ3n) is 2.78. The first-order valence-electron chi connectivity index (χ1n) is 5.67. The maximum Gasteiger partial charge on any atom is 0.139 e. The highest BCUT2D eigenvalue weighted by molar-refractivity contribution is 6.32. The zero-order chi connectivity index (χ0) is 13.0. The number of aromatic nitrogens is 1. The number of ether oxygens (including phenoxy) is 1. The largest absolute Gasteiger partial charge is 0.495 e. The SMILES string of the molecule is COc1cc(NCc2cnccc2C)ccc1Cl. The molecule has 4 heteroatoms. The number of aryl methyl sites for hydroxylation is 1. The molecule has 2 aromatic rings. The van der Waals surface area contributed by atoms with E-state index in [0.29, 0.717) is 10.8 Å². The number of benzene rings is 1. The van der Waals surface area contributed by atoms with Gasteiger partial charge in [-0.15, -0.1) is 0 Å². The molecule has 1 heterocycles. The normalized spacial score (nSPS) is 10.2. The number of hydrogen-bond donors (Lipinski definition) is 1. The van der Waals surface area contributed by atoms with Crippen molar-refractivity contribution in [3.63, 3.8) is 0 Å². The van der Waals surface area contributed by atoms with Crippen molar-refractivity contribution in [2.24, 2.45) is 0 Å². The summed E-state index contributed by atoms with van der Waals surface area (Å²) in [7, 11) is 1.61. The zero-order valence-corrected chi connectivity index (χ0v) is 11.2. The summed E-state index contributed by atoms with van der Waals surface area (Å²) in [5.74, 6) is 0.671. The second-order valence-corrected chi connectivity index (χ2v) is 4.41. The molecule has 0 aliphatic heterocycles. The van der Waals surface area contributed by atoms with E-state index in [1.165, 1.54) is 11.1 Å². The standard InChI is InChI=1S/C14H15ClN2O/c1-10-5-6-16-8-11(10)9-17-12-3-4-13(15)14(7-12)18-2/h3-8,17H,9H2,1-2H3. The minimum Gasteiger partial charge on any atom is -0.495 e. The molecule has 0 radical (unpaired) electrons. The summed E-state index contributed by atoms with van der Waals surface area (Å²) in [4.78, 5) is 4.12. The summed E-state index contributed by atoms with van der Waals surface area (Å²) >= 11 is 5.98. The van der Waals surface area contributed by atoms with Gasteiger partial charge in [0.25, 0.3) is 0 Å². The van der Waals surface area contributed by atoms with Gasteiger partial charge in [-0.05, 0) is 36.2 Å². The molecule has 0 unspecified atom stereocenters. The fourth-order valence-corrected chi connectivity index (χ4v) is 1.84. The van der Waals surface area contributed by atoms with Crippen molar-refractivity contribution in [3.05, 3.63) is 52.8 Å². The molecule has 1 aromatic heterocycles. The van der Waals surface area contributed by atoms with E-state index in [4.69, 9.17) is 16.3 Å². The topological polar surface area (TPSA) is 34.1 Å². The lowest BCUT2D eigenvalue weighted by Gasteiger charge is -2.10. The van der Waals surface area contributed by atoms with Gasteiger partial charge in [0.15, 0.2) is 0 Å². The third-order valence-corrected chi connectivity index (χ3v) is 3.09. The van der Waals surface area contributed by atoms with Crippen LogP contribution in [-0.2, 0) is 6.54 Å². The number of nitrogens with one attached hydrogen (secondary N) is 1. The van der Waals surface area contributed by atoms with Crippen LogP contribution in [0.3, 0.4) is 0 Å². The van der Waals surface area contributed by atoms with Gasteiger partial charge in [0.1, 0.15) is 5.75 Å². The summed E-state index contributed by atoms with van der Waals surface area (Å²) in [5, 5.41) is 3.94. The molecule has 3 nitrogen and oxygen atoms in total. The van der Waals surface area contributed by atoms with E-state index in [1.54, 1.807) is 13.3 Å². The lowest BCUT2D eigenvalue weighted by molar-refractivity contribution is 0.415. The van der Waals surface area contributed by atoms with Crippen LogP contribution in [0, 0.1) is 6.92 Å². The van der Waals surface area contributed by atoms with Gasteiger partial charge in [-0.1, -0.05) is 11.6 Å². The highest BCUT2D eigenvalue weighted by Gasteiger charge is 2.02. The number of hydrogen-bond acceptors (Lipinski definition) is 3. The van der Waals surface area contributed by atoms with E-state index in [-0.39, 0.29) is 0 Å². The summed E-state index contributed by atoms with van der Waals surface area (Å²) in [6.07, 6.45) is 3.67. The van der Waals surface area contributed by atoms with E-state index in [2.05, 4.69) is 17.2 Å². The first-order chi connectivity index (χ1) is 8.70. The molecule has 0 atom stereocenters. The predicted molar refractivity (Wildman–Crippen MR) is 74.3 cm³/mol. The highest BCUT2D eigenvalue weighted by atomic mass is 35.5. The average Bonchev–Trinajstić information content (AvgIpc) is 2.39. The number of anilines is 1. The smallest absolute Gasteiger partial charge is 0.139 e. The van der Waals surface area contributed by atoms with Gasteiger partial charge < -0.3 is 10.1 Å². The van der Waals surface area contributed by atoms with Gasteiger partial charge in [-0.25, -0.2) is 0 Å². The quantitative estimate of drug-likeness (QED) is 0.913. The van der Waals surface area contributed by atoms with E-state index in [9.17, 15) is 0 Å². The summed E-state index contributed by atoms with van der Waals surface area (Å²) in [6.45, 7) is 2.80. The molecule has 0 spiro atoms. The monoisotopic (exact) mass is 262 g/mol. The number of pyridine rings is 1. The molecular weight excluding hydrogens is 248 g/mol. The van der Waals surface area contributed by atoms with Gasteiger partial charge in [0.05, 0.1) is 12.1 Å². The molecule has 1 aromatic carbocycles. The van der Waals surface area contributed by atoms with E-state index >= 15 is 0 Å². The van der Waals surface area contributed by atoms with Crippen molar-refractivity contribution in [2.45, 2.75) is 13.5 Å². The van der Waals surface area contributed by atoms with E-state index in [0.717, 1.165) is 12.2 Å². The van der Waals surface area contributed by atoms with Gasteiger partial charge >= 0.3 is 0 Å². The molecular formula is C14H15ClN2O. The van der Waals surface area contributed by atoms with Crippen molar-refractivity contribution in [2.75, 3.05) is 12.4 Å². The second kappa shape index (κ2) is 5.74. The van der Waals surface area contributed by atoms with Crippen LogP contribution in [-0.4, -0.2) is 12.1 Å². The van der Waals surface area contributed by atoms with E-state index < -0.39 is 0 Å². The Balaban J connectivity index is 2.09. The molecule has 94 valence electrons. The van der Waals surface area contributed by atoms with Crippen LogP contribution in [0.4, 0.5) is 5.69 Å². The van der Waals surface area contributed by atoms with Gasteiger partial charge in [-0.3, -0.25) is 4.98 Å². The van der Waals surface area contributed by atoms with Crippen molar-refractivity contribution >= 4 is 17.3 Å². The predicted octanol–water partition coefficient (Wildman–Crippen LogP) is 3.66. The Bertz CT molecular complexity index is 543. The van der Waals surface area contributed by atoms with E-state index in [1.807, 2.05) is 30.5 Å². The first-order valence-corrected chi connectivity index (χ1v) is 6.05. The highest BCUT2D eigenvalue weighted by Crippen LogP contribution is 2.27. The molecule has 0 aliphatic rings. The Kier molecular flexibility index (Phi) is 4.05. The van der Waals surface area contributed by atoms with Crippen molar-refractivity contribution < 1.29 is 4.74 Å². The fraction of sp³-hybridized carbons (Fsp3) is 0.214. The molecule has 0 bridgehead atoms. The van der Waals surface area contributed by atoms with Crippen LogP contribution in [0.15, 0.2) is 36.7 Å². The summed E-state index contributed by atoms with van der Waals surface area (Å²) in [5.41, 5.74) is 3.37. The second-order valence-electron chi connectivity index (χ2n) is 4.01.